The number of imidazole rings is 1. The van der Waals surface area contributed by atoms with Gasteiger partial charge in [-0.15, -0.1) is 0 Å². The van der Waals surface area contributed by atoms with Crippen molar-refractivity contribution in [3.63, 3.8) is 0 Å². The quantitative estimate of drug-likeness (QED) is 0.667. The van der Waals surface area contributed by atoms with Crippen molar-refractivity contribution in [1.29, 1.82) is 0 Å². The van der Waals surface area contributed by atoms with Crippen LogP contribution in [0.1, 0.15) is 12.8 Å². The van der Waals surface area contributed by atoms with E-state index in [0.29, 0.717) is 0 Å². The molecule has 3 aromatic rings. The van der Waals surface area contributed by atoms with E-state index in [1.165, 1.54) is 24.0 Å². The summed E-state index contributed by atoms with van der Waals surface area (Å²) in [6.07, 6.45) is 2.79. The van der Waals surface area contributed by atoms with Gasteiger partial charge in [-0.25, -0.2) is 4.79 Å². The minimum absolute atomic E-state index is 0.00967. The molecule has 1 saturated carbocycles. The minimum Gasteiger partial charge on any atom is -0.369 e. The molecule has 0 radical (unpaired) electrons. The van der Waals surface area contributed by atoms with Gasteiger partial charge in [-0.1, -0.05) is 18.2 Å². The van der Waals surface area contributed by atoms with Gasteiger partial charge in [0.05, 0.1) is 11.0 Å². The zero-order valence-electron chi connectivity index (χ0n) is 18.0. The lowest BCUT2D eigenvalue weighted by molar-refractivity contribution is -0.116. The number of anilines is 2. The maximum atomic E-state index is 12.7. The fourth-order valence-electron chi connectivity index (χ4n) is 4.49. The van der Waals surface area contributed by atoms with Crippen LogP contribution in [0.25, 0.3) is 11.0 Å². The number of rotatable bonds is 6. The molecule has 2 aromatic carbocycles. The van der Waals surface area contributed by atoms with E-state index in [-0.39, 0.29) is 18.1 Å². The zero-order chi connectivity index (χ0) is 21.4. The summed E-state index contributed by atoms with van der Waals surface area (Å²) in [6.45, 7) is 5.45. The molecule has 0 bridgehead atoms. The van der Waals surface area contributed by atoms with Gasteiger partial charge in [0.15, 0.2) is 0 Å². The number of para-hydroxylation sites is 2. The summed E-state index contributed by atoms with van der Waals surface area (Å²) in [4.78, 5) is 30.2. The highest BCUT2D eigenvalue weighted by Crippen LogP contribution is 2.30. The topological polar surface area (TPSA) is 62.5 Å². The lowest BCUT2D eigenvalue weighted by Gasteiger charge is -2.36. The molecular weight excluding hydrogens is 390 g/mol. The predicted octanol–water partition coefficient (Wildman–Crippen LogP) is 2.51. The summed E-state index contributed by atoms with van der Waals surface area (Å²) < 4.78 is 3.10. The molecule has 5 rings (SSSR count). The Balaban J connectivity index is 1.24. The summed E-state index contributed by atoms with van der Waals surface area (Å²) in [5, 5.41) is 2.97. The number of fused-ring (bicyclic) bond motifs is 1. The summed E-state index contributed by atoms with van der Waals surface area (Å²) in [5.41, 5.74) is 3.29. The number of aryl methyl sites for hydroxylation is 1. The average molecular weight is 420 g/mol. The third-order valence-electron chi connectivity index (χ3n) is 6.43. The second kappa shape index (κ2) is 8.23. The van der Waals surface area contributed by atoms with E-state index < -0.39 is 0 Å². The number of nitrogens with zero attached hydrogens (tertiary/aromatic N) is 4. The molecule has 0 spiro atoms. The van der Waals surface area contributed by atoms with Crippen LogP contribution in [0.2, 0.25) is 0 Å². The van der Waals surface area contributed by atoms with Crippen LogP contribution in [0.15, 0.2) is 53.3 Å². The van der Waals surface area contributed by atoms with Gasteiger partial charge in [0.1, 0.15) is 6.54 Å². The van der Waals surface area contributed by atoms with Gasteiger partial charge in [-0.3, -0.25) is 18.8 Å². The first kappa shape index (κ1) is 19.9. The third kappa shape index (κ3) is 4.23. The van der Waals surface area contributed by atoms with Gasteiger partial charge in [0.25, 0.3) is 0 Å². The molecule has 1 amide bonds. The van der Waals surface area contributed by atoms with Gasteiger partial charge >= 0.3 is 5.69 Å². The Morgan fingerprint density at radius 1 is 1.00 bits per heavy atom. The summed E-state index contributed by atoms with van der Waals surface area (Å²) in [6, 6.07) is 15.5. The monoisotopic (exact) mass is 419 g/mol. The van der Waals surface area contributed by atoms with Crippen LogP contribution in [-0.4, -0.2) is 52.7 Å². The van der Waals surface area contributed by atoms with E-state index in [0.717, 1.165) is 54.5 Å². The van der Waals surface area contributed by atoms with Crippen molar-refractivity contribution >= 4 is 28.3 Å². The van der Waals surface area contributed by atoms with Crippen LogP contribution >= 0.6 is 0 Å². The Morgan fingerprint density at radius 3 is 2.48 bits per heavy atom. The number of piperazine rings is 1. The van der Waals surface area contributed by atoms with Crippen LogP contribution in [0.3, 0.4) is 0 Å². The van der Waals surface area contributed by atoms with Crippen molar-refractivity contribution in [3.8, 4) is 0 Å². The Kier molecular flexibility index (Phi) is 5.28. The van der Waals surface area contributed by atoms with E-state index in [9.17, 15) is 9.59 Å². The van der Waals surface area contributed by atoms with Crippen molar-refractivity contribution in [2.45, 2.75) is 19.4 Å². The Hall–Kier alpha value is -3.06. The molecular formula is C24H29N5O2. The SMILES string of the molecule is Cn1c(=O)n(CC(=O)Nc2cccc(N3CCN(CC4CC4)CC3)c2)c2ccccc21. The van der Waals surface area contributed by atoms with Gasteiger partial charge in [-0.05, 0) is 49.1 Å². The standard InChI is InChI=1S/C24H29N5O2/c1-26-21-7-2-3-8-22(21)29(24(26)31)17-23(30)25-19-5-4-6-20(15-19)28-13-11-27(12-14-28)16-18-9-10-18/h2-8,15,18H,9-14,16-17H2,1H3,(H,25,30). The largest absolute Gasteiger partial charge is 0.369 e. The number of aromatic nitrogens is 2. The Bertz CT molecular complexity index is 1150. The van der Waals surface area contributed by atoms with Gasteiger partial charge in [-0.2, -0.15) is 0 Å². The molecule has 2 heterocycles. The number of benzene rings is 2. The molecule has 31 heavy (non-hydrogen) atoms. The van der Waals surface area contributed by atoms with E-state index in [2.05, 4.69) is 21.2 Å². The van der Waals surface area contributed by atoms with E-state index in [1.807, 2.05) is 42.5 Å². The second-order valence-electron chi connectivity index (χ2n) is 8.75. The van der Waals surface area contributed by atoms with Gasteiger partial charge in [0.2, 0.25) is 5.91 Å². The van der Waals surface area contributed by atoms with Crippen molar-refractivity contribution < 1.29 is 4.79 Å². The number of hydrogen-bond acceptors (Lipinski definition) is 4. The molecule has 1 N–H and O–H groups in total. The van der Waals surface area contributed by atoms with Gasteiger partial charge in [0, 0.05) is 51.1 Å². The zero-order valence-corrected chi connectivity index (χ0v) is 18.0. The van der Waals surface area contributed by atoms with Crippen LogP contribution < -0.4 is 15.9 Å². The molecule has 1 saturated heterocycles. The molecule has 7 heteroatoms. The number of amides is 1. The van der Waals surface area contributed by atoms with E-state index >= 15 is 0 Å². The minimum atomic E-state index is -0.204. The van der Waals surface area contributed by atoms with Crippen molar-refractivity contribution in [3.05, 3.63) is 59.0 Å². The highest BCUT2D eigenvalue weighted by Gasteiger charge is 2.26. The average Bonchev–Trinajstić information content (AvgIpc) is 3.57. The molecule has 1 aliphatic heterocycles. The number of hydrogen-bond donors (Lipinski definition) is 1. The maximum Gasteiger partial charge on any atom is 0.329 e. The molecule has 1 aliphatic carbocycles. The summed E-state index contributed by atoms with van der Waals surface area (Å²) >= 11 is 0. The lowest BCUT2D eigenvalue weighted by atomic mass is 10.2. The van der Waals surface area contributed by atoms with Crippen LogP contribution in [-0.2, 0) is 18.4 Å². The van der Waals surface area contributed by atoms with Gasteiger partial charge < -0.3 is 10.2 Å². The first-order valence-electron chi connectivity index (χ1n) is 11.1. The highest BCUT2D eigenvalue weighted by atomic mass is 16.2. The summed E-state index contributed by atoms with van der Waals surface area (Å²) in [5.74, 6) is 0.726. The predicted molar refractivity (Wildman–Crippen MR) is 124 cm³/mol. The van der Waals surface area contributed by atoms with Crippen LogP contribution in [0.4, 0.5) is 11.4 Å². The lowest BCUT2D eigenvalue weighted by Crippen LogP contribution is -2.47. The molecule has 7 nitrogen and oxygen atoms in total. The number of carbonyl (C=O) groups is 1. The number of nitrogens with one attached hydrogen (secondary N) is 1. The van der Waals surface area contributed by atoms with Crippen molar-refractivity contribution in [1.82, 2.24) is 14.0 Å². The maximum absolute atomic E-state index is 12.7. The van der Waals surface area contributed by atoms with Crippen LogP contribution in [0, 0.1) is 5.92 Å². The molecule has 0 atom stereocenters. The first-order valence-corrected chi connectivity index (χ1v) is 11.1. The first-order chi connectivity index (χ1) is 15.1. The normalized spacial score (nSPS) is 17.3. The molecule has 0 unspecified atom stereocenters. The third-order valence-corrected chi connectivity index (χ3v) is 6.43. The molecule has 1 aromatic heterocycles. The smallest absolute Gasteiger partial charge is 0.329 e. The van der Waals surface area contributed by atoms with E-state index in [1.54, 1.807) is 11.6 Å². The fraction of sp³-hybridized carbons (Fsp3) is 0.417. The number of carbonyl (C=O) groups excluding carboxylic acids is 1. The van der Waals surface area contributed by atoms with E-state index in [4.69, 9.17) is 0 Å². The summed E-state index contributed by atoms with van der Waals surface area (Å²) in [7, 11) is 1.73. The Labute approximate surface area is 181 Å². The van der Waals surface area contributed by atoms with Crippen molar-refractivity contribution in [2.24, 2.45) is 13.0 Å². The Morgan fingerprint density at radius 2 is 1.74 bits per heavy atom. The van der Waals surface area contributed by atoms with Crippen LogP contribution in [0.5, 0.6) is 0 Å². The van der Waals surface area contributed by atoms with Crippen molar-refractivity contribution in [2.75, 3.05) is 42.9 Å². The highest BCUT2D eigenvalue weighted by molar-refractivity contribution is 5.92. The second-order valence-corrected chi connectivity index (χ2v) is 8.75. The molecule has 2 fully saturated rings. The molecule has 2 aliphatic rings. The fourth-order valence-corrected chi connectivity index (χ4v) is 4.49. The molecule has 162 valence electrons.